The normalized spacial score (nSPS) is 20.6. The number of aryl methyl sites for hydroxylation is 3. The monoisotopic (exact) mass is 352 g/mol. The molecule has 26 heavy (non-hydrogen) atoms. The van der Waals surface area contributed by atoms with Crippen molar-refractivity contribution in [2.24, 2.45) is 5.41 Å². The highest BCUT2D eigenvalue weighted by molar-refractivity contribution is 5.22. The Morgan fingerprint density at radius 3 is 2.65 bits per heavy atom. The molecule has 1 fully saturated rings. The van der Waals surface area contributed by atoms with Gasteiger partial charge in [0.15, 0.2) is 0 Å². The van der Waals surface area contributed by atoms with Gasteiger partial charge in [0.2, 0.25) is 0 Å². The summed E-state index contributed by atoms with van der Waals surface area (Å²) in [7, 11) is 0. The van der Waals surface area contributed by atoms with Crippen LogP contribution in [0.2, 0.25) is 0 Å². The molecule has 0 radical (unpaired) electrons. The zero-order valence-electron chi connectivity index (χ0n) is 16.5. The summed E-state index contributed by atoms with van der Waals surface area (Å²) in [4.78, 5) is 7.21. The zero-order chi connectivity index (χ0) is 18.4. The first-order chi connectivity index (χ1) is 12.6. The quantitative estimate of drug-likeness (QED) is 0.696. The average Bonchev–Trinajstić information content (AvgIpc) is 3.05. The van der Waals surface area contributed by atoms with Crippen molar-refractivity contribution in [2.45, 2.75) is 46.6 Å². The van der Waals surface area contributed by atoms with E-state index in [0.717, 1.165) is 50.7 Å². The Morgan fingerprint density at radius 2 is 1.92 bits per heavy atom. The van der Waals surface area contributed by atoms with E-state index in [9.17, 15) is 0 Å². The Balaban J connectivity index is 1.64. The van der Waals surface area contributed by atoms with Crippen LogP contribution in [0.5, 0.6) is 0 Å². The molecule has 3 rings (SSSR count). The van der Waals surface area contributed by atoms with Gasteiger partial charge in [0.25, 0.3) is 0 Å². The van der Waals surface area contributed by atoms with E-state index in [4.69, 9.17) is 4.74 Å². The summed E-state index contributed by atoms with van der Waals surface area (Å²) in [6, 6.07) is 15.2. The molecule has 1 aromatic carbocycles. The maximum atomic E-state index is 5.91. The third kappa shape index (κ3) is 4.93. The van der Waals surface area contributed by atoms with Gasteiger partial charge in [-0.25, -0.2) is 0 Å². The second-order valence-electron chi connectivity index (χ2n) is 7.78. The van der Waals surface area contributed by atoms with Crippen LogP contribution in [-0.4, -0.2) is 36.2 Å². The van der Waals surface area contributed by atoms with E-state index < -0.39 is 0 Å². The van der Waals surface area contributed by atoms with Crippen molar-refractivity contribution in [2.75, 3.05) is 26.3 Å². The highest BCUT2D eigenvalue weighted by atomic mass is 16.5. The van der Waals surface area contributed by atoms with Crippen molar-refractivity contribution >= 4 is 0 Å². The third-order valence-electron chi connectivity index (χ3n) is 5.65. The van der Waals surface area contributed by atoms with Gasteiger partial charge in [0.1, 0.15) is 0 Å². The lowest BCUT2D eigenvalue weighted by Gasteiger charge is -2.29. The lowest BCUT2D eigenvalue weighted by Crippen LogP contribution is -2.32. The Kier molecular flexibility index (Phi) is 6.44. The molecule has 3 heteroatoms. The van der Waals surface area contributed by atoms with Gasteiger partial charge in [-0.3, -0.25) is 9.88 Å². The fourth-order valence-electron chi connectivity index (χ4n) is 4.05. The van der Waals surface area contributed by atoms with Crippen molar-refractivity contribution in [3.63, 3.8) is 0 Å². The molecule has 140 valence electrons. The molecule has 1 atom stereocenters. The van der Waals surface area contributed by atoms with Gasteiger partial charge in [-0.1, -0.05) is 36.4 Å². The standard InChI is InChI=1S/C23H32N2O/c1-4-26-18-23(13-12-21-8-6-5-7-9-21)14-15-25(17-23)16-22-11-10-19(2)24-20(22)3/h5-11H,4,12-18H2,1-3H3. The number of pyridine rings is 1. The number of rotatable bonds is 8. The van der Waals surface area contributed by atoms with Gasteiger partial charge < -0.3 is 4.74 Å². The van der Waals surface area contributed by atoms with Crippen molar-refractivity contribution in [1.82, 2.24) is 9.88 Å². The van der Waals surface area contributed by atoms with Crippen molar-refractivity contribution < 1.29 is 4.74 Å². The third-order valence-corrected chi connectivity index (χ3v) is 5.65. The zero-order valence-corrected chi connectivity index (χ0v) is 16.5. The van der Waals surface area contributed by atoms with Gasteiger partial charge in [-0.2, -0.15) is 0 Å². The highest BCUT2D eigenvalue weighted by Crippen LogP contribution is 2.36. The molecule has 1 unspecified atom stereocenters. The first-order valence-corrected chi connectivity index (χ1v) is 9.87. The van der Waals surface area contributed by atoms with E-state index in [0.29, 0.717) is 0 Å². The second-order valence-corrected chi connectivity index (χ2v) is 7.78. The molecule has 1 aliphatic rings. The topological polar surface area (TPSA) is 25.4 Å². The minimum absolute atomic E-state index is 0.276. The van der Waals surface area contributed by atoms with Crippen molar-refractivity contribution in [3.05, 3.63) is 65.0 Å². The Morgan fingerprint density at radius 1 is 1.12 bits per heavy atom. The van der Waals surface area contributed by atoms with Crippen molar-refractivity contribution in [1.29, 1.82) is 0 Å². The van der Waals surface area contributed by atoms with Crippen LogP contribution in [0.25, 0.3) is 0 Å². The summed E-state index contributed by atoms with van der Waals surface area (Å²) in [6.07, 6.45) is 3.55. The smallest absolute Gasteiger partial charge is 0.0535 e. The Bertz CT molecular complexity index is 701. The van der Waals surface area contributed by atoms with Crippen LogP contribution in [0.15, 0.2) is 42.5 Å². The molecule has 0 N–H and O–H groups in total. The van der Waals surface area contributed by atoms with Gasteiger partial charge in [0, 0.05) is 36.5 Å². The number of aromatic nitrogens is 1. The summed E-state index contributed by atoms with van der Waals surface area (Å²) in [5, 5.41) is 0. The Hall–Kier alpha value is -1.71. The van der Waals surface area contributed by atoms with Crippen LogP contribution in [0.3, 0.4) is 0 Å². The molecular weight excluding hydrogens is 320 g/mol. The van der Waals surface area contributed by atoms with Crippen LogP contribution in [-0.2, 0) is 17.7 Å². The largest absolute Gasteiger partial charge is 0.381 e. The number of hydrogen-bond acceptors (Lipinski definition) is 3. The summed E-state index contributed by atoms with van der Waals surface area (Å²) in [5.74, 6) is 0. The fourth-order valence-corrected chi connectivity index (χ4v) is 4.05. The predicted octanol–water partition coefficient (Wildman–Crippen LogP) is 4.56. The van der Waals surface area contributed by atoms with Crippen LogP contribution in [0, 0.1) is 19.3 Å². The predicted molar refractivity (Wildman–Crippen MR) is 107 cm³/mol. The molecule has 0 bridgehead atoms. The first-order valence-electron chi connectivity index (χ1n) is 9.87. The summed E-state index contributed by atoms with van der Waals surface area (Å²) in [5.41, 5.74) is 5.32. The Labute approximate surface area is 158 Å². The van der Waals surface area contributed by atoms with Crippen LogP contribution >= 0.6 is 0 Å². The molecular formula is C23H32N2O. The van der Waals surface area contributed by atoms with Crippen LogP contribution in [0.4, 0.5) is 0 Å². The first kappa shape index (κ1) is 19.1. The van der Waals surface area contributed by atoms with E-state index in [1.807, 2.05) is 0 Å². The molecule has 0 saturated carbocycles. The van der Waals surface area contributed by atoms with E-state index in [1.165, 1.54) is 24.0 Å². The average molecular weight is 353 g/mol. The molecule has 0 amide bonds. The summed E-state index contributed by atoms with van der Waals surface area (Å²) in [6.45, 7) is 11.2. The molecule has 3 nitrogen and oxygen atoms in total. The van der Waals surface area contributed by atoms with Crippen LogP contribution < -0.4 is 0 Å². The number of hydrogen-bond donors (Lipinski definition) is 0. The fraction of sp³-hybridized carbons (Fsp3) is 0.522. The lowest BCUT2D eigenvalue weighted by atomic mass is 9.82. The molecule has 1 aromatic heterocycles. The maximum Gasteiger partial charge on any atom is 0.0535 e. The molecule has 1 saturated heterocycles. The van der Waals surface area contributed by atoms with Gasteiger partial charge >= 0.3 is 0 Å². The molecule has 2 heterocycles. The van der Waals surface area contributed by atoms with E-state index in [-0.39, 0.29) is 5.41 Å². The van der Waals surface area contributed by atoms with Crippen molar-refractivity contribution in [3.8, 4) is 0 Å². The van der Waals surface area contributed by atoms with Crippen LogP contribution in [0.1, 0.15) is 42.3 Å². The number of nitrogens with zero attached hydrogens (tertiary/aromatic N) is 2. The number of likely N-dealkylation sites (tertiary alicyclic amines) is 1. The lowest BCUT2D eigenvalue weighted by molar-refractivity contribution is 0.0489. The SMILES string of the molecule is CCOCC1(CCc2ccccc2)CCN(Cc2ccc(C)nc2C)C1. The molecule has 2 aromatic rings. The number of ether oxygens (including phenoxy) is 1. The van der Waals surface area contributed by atoms with Gasteiger partial charge in [-0.15, -0.1) is 0 Å². The maximum absolute atomic E-state index is 5.91. The molecule has 0 spiro atoms. The highest BCUT2D eigenvalue weighted by Gasteiger charge is 2.38. The minimum Gasteiger partial charge on any atom is -0.381 e. The molecule has 0 aliphatic carbocycles. The summed E-state index contributed by atoms with van der Waals surface area (Å²) < 4.78 is 5.91. The van der Waals surface area contributed by atoms with E-state index >= 15 is 0 Å². The minimum atomic E-state index is 0.276. The number of benzene rings is 1. The molecule has 1 aliphatic heterocycles. The second kappa shape index (κ2) is 8.79. The van der Waals surface area contributed by atoms with E-state index in [1.54, 1.807) is 0 Å². The summed E-state index contributed by atoms with van der Waals surface area (Å²) >= 11 is 0. The van der Waals surface area contributed by atoms with Gasteiger partial charge in [0.05, 0.1) is 6.61 Å². The van der Waals surface area contributed by atoms with Gasteiger partial charge in [-0.05, 0) is 63.8 Å². The van der Waals surface area contributed by atoms with E-state index in [2.05, 4.69) is 73.1 Å².